The van der Waals surface area contributed by atoms with Crippen LogP contribution in [0.2, 0.25) is 0 Å². The van der Waals surface area contributed by atoms with E-state index >= 15 is 0 Å². The van der Waals surface area contributed by atoms with E-state index in [0.717, 1.165) is 16.0 Å². The Hall–Kier alpha value is -3.26. The van der Waals surface area contributed by atoms with E-state index in [9.17, 15) is 9.59 Å². The zero-order valence-corrected chi connectivity index (χ0v) is 16.4. The third-order valence-electron chi connectivity index (χ3n) is 4.59. The predicted octanol–water partition coefficient (Wildman–Crippen LogP) is 3.91. The first-order valence-corrected chi connectivity index (χ1v) is 9.57. The lowest BCUT2D eigenvalue weighted by Crippen LogP contribution is -2.17. The van der Waals surface area contributed by atoms with Gasteiger partial charge in [0.05, 0.1) is 11.1 Å². The van der Waals surface area contributed by atoms with E-state index in [4.69, 9.17) is 4.74 Å². The largest absolute Gasteiger partial charge is 0.450 e. The molecule has 0 amide bonds. The lowest BCUT2D eigenvalue weighted by atomic mass is 10.1. The summed E-state index contributed by atoms with van der Waals surface area (Å²) < 4.78 is 5.47. The highest BCUT2D eigenvalue weighted by molar-refractivity contribution is 7.18. The monoisotopic (exact) mass is 394 g/mol. The Morgan fingerprint density at radius 3 is 2.71 bits per heavy atom. The number of nitrogens with zero attached hydrogens (tertiary/aromatic N) is 2. The van der Waals surface area contributed by atoms with Gasteiger partial charge in [-0.15, -0.1) is 11.3 Å². The van der Waals surface area contributed by atoms with Crippen LogP contribution in [0.1, 0.15) is 39.8 Å². The van der Waals surface area contributed by atoms with E-state index in [2.05, 4.69) is 20.2 Å². The number of H-pyrrole nitrogens is 2. The fourth-order valence-electron chi connectivity index (χ4n) is 2.93. The van der Waals surface area contributed by atoms with Crippen molar-refractivity contribution in [2.24, 2.45) is 0 Å². The Balaban J connectivity index is 1.56. The standard InChI is InChI=1S/C20H18N4O3S/c1-10-12(3)28-19-16(10)18(25)21-17(22-19)11(2)27-20(26)15-9-14(23-24-15)13-7-5-4-6-8-13/h4-9,11H,1-3H3,(H,23,24)(H,21,22,25)/t11-/m0/s1. The number of aromatic nitrogens is 4. The van der Waals surface area contributed by atoms with Crippen LogP contribution in [0.5, 0.6) is 0 Å². The van der Waals surface area contributed by atoms with Crippen molar-refractivity contribution in [1.29, 1.82) is 0 Å². The van der Waals surface area contributed by atoms with Crippen molar-refractivity contribution in [3.63, 3.8) is 0 Å². The number of esters is 1. The Bertz CT molecular complexity index is 1220. The summed E-state index contributed by atoms with van der Waals surface area (Å²) in [5.74, 6) is -0.252. The molecule has 0 saturated carbocycles. The first-order valence-electron chi connectivity index (χ1n) is 8.75. The average Bonchev–Trinajstić information content (AvgIpc) is 3.28. The number of aromatic amines is 2. The number of hydrogen-bond donors (Lipinski definition) is 2. The average molecular weight is 394 g/mol. The Labute approximate surface area is 164 Å². The van der Waals surface area contributed by atoms with Gasteiger partial charge < -0.3 is 9.72 Å². The number of carbonyl (C=O) groups is 1. The lowest BCUT2D eigenvalue weighted by Gasteiger charge is -2.11. The van der Waals surface area contributed by atoms with Crippen molar-refractivity contribution in [2.75, 3.05) is 0 Å². The molecule has 0 fully saturated rings. The normalized spacial score (nSPS) is 12.2. The van der Waals surface area contributed by atoms with E-state index in [1.807, 2.05) is 44.2 Å². The van der Waals surface area contributed by atoms with E-state index in [1.54, 1.807) is 13.0 Å². The fourth-order valence-corrected chi connectivity index (χ4v) is 3.96. The molecule has 7 nitrogen and oxygen atoms in total. The van der Waals surface area contributed by atoms with Crippen molar-refractivity contribution in [3.8, 4) is 11.3 Å². The maximum absolute atomic E-state index is 12.5. The number of carbonyl (C=O) groups excluding carboxylic acids is 1. The summed E-state index contributed by atoms with van der Waals surface area (Å²) in [6.07, 6.45) is -0.712. The van der Waals surface area contributed by atoms with Gasteiger partial charge in [0, 0.05) is 10.4 Å². The van der Waals surface area contributed by atoms with Crippen LogP contribution in [0.25, 0.3) is 21.5 Å². The molecule has 1 atom stereocenters. The van der Waals surface area contributed by atoms with Gasteiger partial charge in [0.2, 0.25) is 0 Å². The quantitative estimate of drug-likeness (QED) is 0.511. The van der Waals surface area contributed by atoms with Gasteiger partial charge >= 0.3 is 5.97 Å². The smallest absolute Gasteiger partial charge is 0.357 e. The number of nitrogens with one attached hydrogen (secondary N) is 2. The van der Waals surface area contributed by atoms with Crippen LogP contribution in [0, 0.1) is 13.8 Å². The maximum atomic E-state index is 12.5. The number of fused-ring (bicyclic) bond motifs is 1. The topological polar surface area (TPSA) is 101 Å². The van der Waals surface area contributed by atoms with Crippen molar-refractivity contribution in [2.45, 2.75) is 26.9 Å². The molecule has 0 unspecified atom stereocenters. The molecule has 0 radical (unpaired) electrons. The summed E-state index contributed by atoms with van der Waals surface area (Å²) in [6, 6.07) is 11.2. The summed E-state index contributed by atoms with van der Waals surface area (Å²) in [7, 11) is 0. The molecule has 8 heteroatoms. The Morgan fingerprint density at radius 1 is 1.21 bits per heavy atom. The van der Waals surface area contributed by atoms with Gasteiger partial charge in [-0.3, -0.25) is 9.89 Å². The fraction of sp³-hybridized carbons (Fsp3) is 0.200. The van der Waals surface area contributed by atoms with Gasteiger partial charge in [0.1, 0.15) is 10.5 Å². The molecular weight excluding hydrogens is 376 g/mol. The number of hydrogen-bond acceptors (Lipinski definition) is 6. The van der Waals surface area contributed by atoms with E-state index in [0.29, 0.717) is 21.7 Å². The molecule has 28 heavy (non-hydrogen) atoms. The molecule has 0 aliphatic carbocycles. The molecule has 4 aromatic rings. The number of ether oxygens (including phenoxy) is 1. The number of thiophene rings is 1. The summed E-state index contributed by atoms with van der Waals surface area (Å²) >= 11 is 1.45. The summed E-state index contributed by atoms with van der Waals surface area (Å²) in [4.78, 5) is 33.8. The molecule has 3 heterocycles. The highest BCUT2D eigenvalue weighted by Gasteiger charge is 2.20. The van der Waals surface area contributed by atoms with Gasteiger partial charge in [0.15, 0.2) is 11.9 Å². The second-order valence-electron chi connectivity index (χ2n) is 6.49. The molecule has 0 aliphatic rings. The summed E-state index contributed by atoms with van der Waals surface area (Å²) in [5, 5.41) is 7.44. The van der Waals surface area contributed by atoms with Crippen LogP contribution in [-0.2, 0) is 4.74 Å². The van der Waals surface area contributed by atoms with Gasteiger partial charge in [0.25, 0.3) is 5.56 Å². The molecular formula is C20H18N4O3S. The van der Waals surface area contributed by atoms with Gasteiger partial charge in [-0.1, -0.05) is 30.3 Å². The number of rotatable bonds is 4. The third kappa shape index (κ3) is 3.22. The zero-order chi connectivity index (χ0) is 19.8. The molecule has 4 rings (SSSR count). The highest BCUT2D eigenvalue weighted by atomic mass is 32.1. The van der Waals surface area contributed by atoms with Gasteiger partial charge in [-0.05, 0) is 32.4 Å². The van der Waals surface area contributed by atoms with E-state index in [1.165, 1.54) is 11.3 Å². The molecule has 3 aromatic heterocycles. The van der Waals surface area contributed by atoms with Crippen LogP contribution >= 0.6 is 11.3 Å². The molecule has 0 spiro atoms. The van der Waals surface area contributed by atoms with Crippen molar-refractivity contribution in [1.82, 2.24) is 20.2 Å². The molecule has 0 bridgehead atoms. The minimum Gasteiger partial charge on any atom is -0.450 e. The number of aryl methyl sites for hydroxylation is 2. The molecule has 1 aromatic carbocycles. The second-order valence-corrected chi connectivity index (χ2v) is 7.70. The predicted molar refractivity (Wildman–Crippen MR) is 108 cm³/mol. The van der Waals surface area contributed by atoms with Crippen molar-refractivity contribution < 1.29 is 9.53 Å². The van der Waals surface area contributed by atoms with E-state index in [-0.39, 0.29) is 11.3 Å². The lowest BCUT2D eigenvalue weighted by molar-refractivity contribution is 0.0313. The zero-order valence-electron chi connectivity index (χ0n) is 15.6. The Morgan fingerprint density at radius 2 is 1.96 bits per heavy atom. The van der Waals surface area contributed by atoms with Gasteiger partial charge in [-0.2, -0.15) is 5.10 Å². The third-order valence-corrected chi connectivity index (χ3v) is 5.69. The van der Waals surface area contributed by atoms with Crippen molar-refractivity contribution >= 4 is 27.5 Å². The summed E-state index contributed by atoms with van der Waals surface area (Å²) in [5.41, 5.74) is 2.48. The van der Waals surface area contributed by atoms with Crippen LogP contribution in [0.15, 0.2) is 41.2 Å². The number of benzene rings is 1. The minimum atomic E-state index is -0.712. The first kappa shape index (κ1) is 18.1. The Kier molecular flexibility index (Phi) is 4.56. The van der Waals surface area contributed by atoms with Gasteiger partial charge in [-0.25, -0.2) is 9.78 Å². The molecule has 0 saturated heterocycles. The maximum Gasteiger partial charge on any atom is 0.357 e. The molecule has 2 N–H and O–H groups in total. The van der Waals surface area contributed by atoms with Crippen molar-refractivity contribution in [3.05, 3.63) is 68.7 Å². The van der Waals surface area contributed by atoms with Crippen LogP contribution in [0.4, 0.5) is 0 Å². The minimum absolute atomic E-state index is 0.224. The van der Waals surface area contributed by atoms with Crippen LogP contribution < -0.4 is 5.56 Å². The van der Waals surface area contributed by atoms with E-state index < -0.39 is 12.1 Å². The molecule has 0 aliphatic heterocycles. The highest BCUT2D eigenvalue weighted by Crippen LogP contribution is 2.27. The first-order chi connectivity index (χ1) is 13.4. The summed E-state index contributed by atoms with van der Waals surface area (Å²) in [6.45, 7) is 5.52. The second kappa shape index (κ2) is 7.05. The van der Waals surface area contributed by atoms with Crippen LogP contribution in [-0.4, -0.2) is 26.1 Å². The van der Waals surface area contributed by atoms with Crippen LogP contribution in [0.3, 0.4) is 0 Å². The molecule has 142 valence electrons. The SMILES string of the molecule is Cc1sc2nc([C@H](C)OC(=O)c3cc(-c4ccccc4)n[nH]3)[nH]c(=O)c2c1C.